The van der Waals surface area contributed by atoms with E-state index in [1.165, 1.54) is 6.20 Å². The van der Waals surface area contributed by atoms with Crippen LogP contribution in [0.25, 0.3) is 0 Å². The molecule has 0 radical (unpaired) electrons. The van der Waals surface area contributed by atoms with E-state index in [0.717, 1.165) is 30.4 Å². The molecule has 1 aromatic carbocycles. The van der Waals surface area contributed by atoms with Gasteiger partial charge in [-0.15, -0.1) is 0 Å². The Morgan fingerprint density at radius 1 is 1.30 bits per heavy atom. The number of amides is 1. The number of hydrazone groups is 1. The fourth-order valence-electron chi connectivity index (χ4n) is 1.83. The minimum absolute atomic E-state index is 0.304. The smallest absolute Gasteiger partial charge is 0.267 e. The molecular weight excluding hydrogens is 286 g/mol. The number of carbonyl (C=O) groups is 1. The third-order valence-corrected chi connectivity index (χ3v) is 3.07. The summed E-state index contributed by atoms with van der Waals surface area (Å²) < 4.78 is 0. The van der Waals surface area contributed by atoms with Gasteiger partial charge in [0.2, 0.25) is 0 Å². The Hall–Kier alpha value is -2.93. The van der Waals surface area contributed by atoms with E-state index in [1.54, 1.807) is 18.5 Å². The molecule has 0 saturated carbocycles. The quantitative estimate of drug-likeness (QED) is 0.398. The van der Waals surface area contributed by atoms with E-state index in [2.05, 4.69) is 34.3 Å². The minimum atomic E-state index is -0.304. The van der Waals surface area contributed by atoms with Gasteiger partial charge in [0.15, 0.2) is 0 Å². The topological polar surface area (TPSA) is 54.4 Å². The molecule has 4 nitrogen and oxygen atoms in total. The first-order valence-electron chi connectivity index (χ1n) is 7.62. The molecule has 1 heterocycles. The van der Waals surface area contributed by atoms with Crippen molar-refractivity contribution in [2.45, 2.75) is 26.2 Å². The zero-order valence-electron chi connectivity index (χ0n) is 13.1. The van der Waals surface area contributed by atoms with Crippen molar-refractivity contribution < 1.29 is 4.79 Å². The summed E-state index contributed by atoms with van der Waals surface area (Å²) in [6.07, 6.45) is 7.81. The van der Waals surface area contributed by atoms with Crippen molar-refractivity contribution in [3.8, 4) is 11.8 Å². The van der Waals surface area contributed by atoms with Gasteiger partial charge in [0.05, 0.1) is 11.8 Å². The number of rotatable bonds is 5. The maximum Gasteiger partial charge on any atom is 0.272 e. The molecule has 0 aliphatic carbocycles. The summed E-state index contributed by atoms with van der Waals surface area (Å²) in [4.78, 5) is 16.1. The molecule has 4 heteroatoms. The fourth-order valence-corrected chi connectivity index (χ4v) is 1.83. The Morgan fingerprint density at radius 3 is 2.91 bits per heavy atom. The standard InChI is InChI=1S/C19H19N3O/c1-2-3-4-6-11-17-12-18(15-20-13-17)19(23)22-21-14-16-9-7-5-8-10-16/h5,7-10,12-15H,2-4H2,1H3,(H,22,23)/b21-14-. The molecule has 0 aliphatic heterocycles. The first-order valence-corrected chi connectivity index (χ1v) is 7.62. The lowest BCUT2D eigenvalue weighted by atomic mass is 10.2. The Bertz CT molecular complexity index is 727. The van der Waals surface area contributed by atoms with Crippen molar-refractivity contribution in [3.63, 3.8) is 0 Å². The number of pyridine rings is 1. The van der Waals surface area contributed by atoms with Crippen molar-refractivity contribution in [2.75, 3.05) is 0 Å². The van der Waals surface area contributed by atoms with Crippen LogP contribution in [0.15, 0.2) is 53.9 Å². The third-order valence-electron chi connectivity index (χ3n) is 3.07. The van der Waals surface area contributed by atoms with Crippen LogP contribution in [0.3, 0.4) is 0 Å². The lowest BCUT2D eigenvalue weighted by Crippen LogP contribution is -2.17. The number of hydrogen-bond donors (Lipinski definition) is 1. The van der Waals surface area contributed by atoms with Gasteiger partial charge >= 0.3 is 0 Å². The summed E-state index contributed by atoms with van der Waals surface area (Å²) in [5.74, 6) is 5.80. The van der Waals surface area contributed by atoms with Gasteiger partial charge in [-0.05, 0) is 18.1 Å². The maximum atomic E-state index is 12.1. The van der Waals surface area contributed by atoms with Gasteiger partial charge in [-0.3, -0.25) is 9.78 Å². The van der Waals surface area contributed by atoms with Crippen LogP contribution in [0.2, 0.25) is 0 Å². The van der Waals surface area contributed by atoms with Crippen LogP contribution in [0.1, 0.15) is 47.7 Å². The van der Waals surface area contributed by atoms with Gasteiger partial charge in [0, 0.05) is 24.4 Å². The molecule has 0 spiro atoms. The average Bonchev–Trinajstić information content (AvgIpc) is 2.60. The molecule has 0 fully saturated rings. The molecule has 0 atom stereocenters. The van der Waals surface area contributed by atoms with E-state index in [9.17, 15) is 4.79 Å². The fraction of sp³-hybridized carbons (Fsp3) is 0.211. The SMILES string of the molecule is CCCCC#Cc1cncc(C(=O)N/N=C\c2ccccc2)c1. The summed E-state index contributed by atoms with van der Waals surface area (Å²) in [7, 11) is 0. The Labute approximate surface area is 136 Å². The Balaban J connectivity index is 1.96. The van der Waals surface area contributed by atoms with E-state index in [-0.39, 0.29) is 5.91 Å². The molecule has 1 amide bonds. The van der Waals surface area contributed by atoms with Crippen molar-refractivity contribution >= 4 is 12.1 Å². The molecule has 2 aromatic rings. The predicted octanol–water partition coefficient (Wildman–Crippen LogP) is 3.39. The second-order valence-electron chi connectivity index (χ2n) is 4.98. The molecule has 0 saturated heterocycles. The number of nitrogens with one attached hydrogen (secondary N) is 1. The van der Waals surface area contributed by atoms with Gasteiger partial charge in [-0.2, -0.15) is 5.10 Å². The molecule has 116 valence electrons. The van der Waals surface area contributed by atoms with Crippen molar-refractivity contribution in [2.24, 2.45) is 5.10 Å². The second kappa shape index (κ2) is 9.16. The first kappa shape index (κ1) is 16.4. The van der Waals surface area contributed by atoms with Crippen molar-refractivity contribution in [1.29, 1.82) is 0 Å². The van der Waals surface area contributed by atoms with Gasteiger partial charge in [-0.1, -0.05) is 55.5 Å². The van der Waals surface area contributed by atoms with Gasteiger partial charge in [-0.25, -0.2) is 5.43 Å². The highest BCUT2D eigenvalue weighted by atomic mass is 16.2. The molecule has 1 N–H and O–H groups in total. The van der Waals surface area contributed by atoms with E-state index >= 15 is 0 Å². The molecule has 0 aliphatic rings. The number of carbonyl (C=O) groups excluding carboxylic acids is 1. The van der Waals surface area contributed by atoms with Crippen LogP contribution in [-0.2, 0) is 0 Å². The lowest BCUT2D eigenvalue weighted by molar-refractivity contribution is 0.0954. The van der Waals surface area contributed by atoms with Crippen LogP contribution in [-0.4, -0.2) is 17.1 Å². The van der Waals surface area contributed by atoms with Crippen LogP contribution in [0.5, 0.6) is 0 Å². The largest absolute Gasteiger partial charge is 0.272 e. The molecular formula is C19H19N3O. The van der Waals surface area contributed by atoms with Gasteiger partial charge < -0.3 is 0 Å². The number of benzene rings is 1. The maximum absolute atomic E-state index is 12.1. The van der Waals surface area contributed by atoms with E-state index < -0.39 is 0 Å². The predicted molar refractivity (Wildman–Crippen MR) is 92.1 cm³/mol. The van der Waals surface area contributed by atoms with Crippen molar-refractivity contribution in [1.82, 2.24) is 10.4 Å². The zero-order chi connectivity index (χ0) is 16.3. The van der Waals surface area contributed by atoms with Crippen LogP contribution in [0, 0.1) is 11.8 Å². The molecule has 0 bridgehead atoms. The highest BCUT2D eigenvalue weighted by molar-refractivity contribution is 5.94. The molecule has 2 rings (SSSR count). The van der Waals surface area contributed by atoms with Crippen LogP contribution < -0.4 is 5.43 Å². The van der Waals surface area contributed by atoms with Crippen molar-refractivity contribution in [3.05, 3.63) is 65.5 Å². The summed E-state index contributed by atoms with van der Waals surface area (Å²) in [5, 5.41) is 3.95. The highest BCUT2D eigenvalue weighted by Crippen LogP contribution is 2.02. The van der Waals surface area contributed by atoms with Crippen LogP contribution >= 0.6 is 0 Å². The summed E-state index contributed by atoms with van der Waals surface area (Å²) in [6, 6.07) is 11.3. The average molecular weight is 305 g/mol. The van der Waals surface area contributed by atoms with Crippen LogP contribution in [0.4, 0.5) is 0 Å². The number of aromatic nitrogens is 1. The lowest BCUT2D eigenvalue weighted by Gasteiger charge is -2.00. The highest BCUT2D eigenvalue weighted by Gasteiger charge is 2.04. The molecule has 23 heavy (non-hydrogen) atoms. The monoisotopic (exact) mass is 305 g/mol. The minimum Gasteiger partial charge on any atom is -0.267 e. The summed E-state index contributed by atoms with van der Waals surface area (Å²) >= 11 is 0. The molecule has 0 unspecified atom stereocenters. The summed E-state index contributed by atoms with van der Waals surface area (Å²) in [5.41, 5.74) is 4.59. The van der Waals surface area contributed by atoms with E-state index in [4.69, 9.17) is 0 Å². The number of unbranched alkanes of at least 4 members (excludes halogenated alkanes) is 2. The summed E-state index contributed by atoms with van der Waals surface area (Å²) in [6.45, 7) is 2.13. The Kier molecular flexibility index (Phi) is 6.55. The van der Waals surface area contributed by atoms with E-state index in [1.807, 2.05) is 30.3 Å². The number of hydrogen-bond acceptors (Lipinski definition) is 3. The Morgan fingerprint density at radius 2 is 2.13 bits per heavy atom. The third kappa shape index (κ3) is 5.76. The second-order valence-corrected chi connectivity index (χ2v) is 4.98. The zero-order valence-corrected chi connectivity index (χ0v) is 13.1. The van der Waals surface area contributed by atoms with Gasteiger partial charge in [0.1, 0.15) is 0 Å². The van der Waals surface area contributed by atoms with Gasteiger partial charge in [0.25, 0.3) is 5.91 Å². The van der Waals surface area contributed by atoms with E-state index in [0.29, 0.717) is 5.56 Å². The normalized spacial score (nSPS) is 10.1. The number of nitrogens with zero attached hydrogens (tertiary/aromatic N) is 2. The molecule has 1 aromatic heterocycles. The first-order chi connectivity index (χ1) is 11.3.